The maximum Gasteiger partial charge on any atom is 0.154 e. The molecule has 1 rings (SSSR count). The van der Waals surface area contributed by atoms with Crippen LogP contribution in [0, 0.1) is 0 Å². The predicted octanol–water partition coefficient (Wildman–Crippen LogP) is 0.307. The first-order valence-electron chi connectivity index (χ1n) is 4.53. The van der Waals surface area contributed by atoms with Crippen molar-refractivity contribution in [2.75, 3.05) is 13.1 Å². The molecular formula is C10H15N3O. The summed E-state index contributed by atoms with van der Waals surface area (Å²) >= 11 is 0. The third-order valence-electron chi connectivity index (χ3n) is 1.89. The Morgan fingerprint density at radius 1 is 1.79 bits per heavy atom. The smallest absolute Gasteiger partial charge is 0.154 e. The van der Waals surface area contributed by atoms with Crippen LogP contribution in [0.5, 0.6) is 0 Å². The topological polar surface area (TPSA) is 46.9 Å². The summed E-state index contributed by atoms with van der Waals surface area (Å²) in [5, 5.41) is 2.96. The van der Waals surface area contributed by atoms with Gasteiger partial charge in [-0.2, -0.15) is 0 Å². The average molecular weight is 193 g/mol. The Balaban J connectivity index is 2.34. The Hall–Kier alpha value is -1.42. The lowest BCUT2D eigenvalue weighted by Crippen LogP contribution is -2.25. The third-order valence-corrected chi connectivity index (χ3v) is 1.89. The molecule has 0 bridgehead atoms. The van der Waals surface area contributed by atoms with Crippen molar-refractivity contribution in [3.8, 4) is 0 Å². The maximum absolute atomic E-state index is 11.4. The number of aryl methyl sites for hydroxylation is 1. The van der Waals surface area contributed by atoms with Gasteiger partial charge in [-0.15, -0.1) is 6.58 Å². The Morgan fingerprint density at radius 3 is 3.14 bits per heavy atom. The number of ketones is 1. The molecule has 76 valence electrons. The van der Waals surface area contributed by atoms with Crippen molar-refractivity contribution in [1.82, 2.24) is 14.9 Å². The molecule has 0 fully saturated rings. The SMILES string of the molecule is C=CCNCC(=O)Cc1nccn1C. The summed E-state index contributed by atoms with van der Waals surface area (Å²) < 4.78 is 1.85. The van der Waals surface area contributed by atoms with Crippen LogP contribution < -0.4 is 5.32 Å². The van der Waals surface area contributed by atoms with Crippen LogP contribution in [0.1, 0.15) is 5.82 Å². The highest BCUT2D eigenvalue weighted by Gasteiger charge is 2.06. The molecule has 4 nitrogen and oxygen atoms in total. The van der Waals surface area contributed by atoms with E-state index in [-0.39, 0.29) is 5.78 Å². The standard InChI is InChI=1S/C10H15N3O/c1-3-4-11-8-9(14)7-10-12-5-6-13(10)2/h3,5-6,11H,1,4,7-8H2,2H3. The summed E-state index contributed by atoms with van der Waals surface area (Å²) in [6.07, 6.45) is 5.64. The fourth-order valence-electron chi connectivity index (χ4n) is 1.12. The summed E-state index contributed by atoms with van der Waals surface area (Å²) in [5.74, 6) is 0.941. The fraction of sp³-hybridized carbons (Fsp3) is 0.400. The summed E-state index contributed by atoms with van der Waals surface area (Å²) in [7, 11) is 1.88. The van der Waals surface area contributed by atoms with E-state index < -0.39 is 0 Å². The normalized spacial score (nSPS) is 10.1. The summed E-state index contributed by atoms with van der Waals surface area (Å²) in [6.45, 7) is 4.59. The van der Waals surface area contributed by atoms with Crippen LogP contribution >= 0.6 is 0 Å². The molecule has 0 aliphatic carbocycles. The highest BCUT2D eigenvalue weighted by molar-refractivity contribution is 5.82. The van der Waals surface area contributed by atoms with Crippen LogP contribution in [0.2, 0.25) is 0 Å². The van der Waals surface area contributed by atoms with Crippen molar-refractivity contribution in [2.24, 2.45) is 7.05 Å². The van der Waals surface area contributed by atoms with Gasteiger partial charge in [-0.25, -0.2) is 4.98 Å². The van der Waals surface area contributed by atoms with Gasteiger partial charge < -0.3 is 9.88 Å². The van der Waals surface area contributed by atoms with Gasteiger partial charge in [0.25, 0.3) is 0 Å². The van der Waals surface area contributed by atoms with E-state index in [0.29, 0.717) is 19.5 Å². The van der Waals surface area contributed by atoms with E-state index in [0.717, 1.165) is 5.82 Å². The second-order valence-electron chi connectivity index (χ2n) is 3.09. The van der Waals surface area contributed by atoms with Gasteiger partial charge in [0.15, 0.2) is 5.78 Å². The van der Waals surface area contributed by atoms with Gasteiger partial charge in [0.05, 0.1) is 13.0 Å². The van der Waals surface area contributed by atoms with Gasteiger partial charge in [-0.1, -0.05) is 6.08 Å². The summed E-state index contributed by atoms with van der Waals surface area (Å²) in [6, 6.07) is 0. The molecule has 0 saturated carbocycles. The number of aromatic nitrogens is 2. The van der Waals surface area contributed by atoms with Crippen molar-refractivity contribution >= 4 is 5.78 Å². The molecule has 0 unspecified atom stereocenters. The van der Waals surface area contributed by atoms with Crippen LogP contribution in [-0.2, 0) is 18.3 Å². The molecular weight excluding hydrogens is 178 g/mol. The van der Waals surface area contributed by atoms with E-state index in [4.69, 9.17) is 0 Å². The third kappa shape index (κ3) is 3.14. The van der Waals surface area contributed by atoms with Crippen LogP contribution in [0.3, 0.4) is 0 Å². The molecule has 0 aromatic carbocycles. The van der Waals surface area contributed by atoms with Gasteiger partial charge in [-0.3, -0.25) is 4.79 Å². The first-order valence-corrected chi connectivity index (χ1v) is 4.53. The van der Waals surface area contributed by atoms with Crippen molar-refractivity contribution in [3.05, 3.63) is 30.9 Å². The number of hydrogen-bond acceptors (Lipinski definition) is 3. The van der Waals surface area contributed by atoms with E-state index in [1.54, 1.807) is 12.3 Å². The minimum absolute atomic E-state index is 0.140. The zero-order valence-electron chi connectivity index (χ0n) is 8.36. The fourth-order valence-corrected chi connectivity index (χ4v) is 1.12. The average Bonchev–Trinajstić information content (AvgIpc) is 2.52. The number of carbonyl (C=O) groups is 1. The molecule has 0 amide bonds. The lowest BCUT2D eigenvalue weighted by atomic mass is 10.2. The van der Waals surface area contributed by atoms with Gasteiger partial charge in [0.1, 0.15) is 5.82 Å². The quantitative estimate of drug-likeness (QED) is 0.522. The number of imidazole rings is 1. The van der Waals surface area contributed by atoms with Crippen LogP contribution in [0.25, 0.3) is 0 Å². The Labute approximate surface area is 83.6 Å². The van der Waals surface area contributed by atoms with Crippen molar-refractivity contribution in [3.63, 3.8) is 0 Å². The number of hydrogen-bond donors (Lipinski definition) is 1. The van der Waals surface area contributed by atoms with Gasteiger partial charge in [0.2, 0.25) is 0 Å². The monoisotopic (exact) mass is 193 g/mol. The highest BCUT2D eigenvalue weighted by atomic mass is 16.1. The summed E-state index contributed by atoms with van der Waals surface area (Å²) in [5.41, 5.74) is 0. The second-order valence-corrected chi connectivity index (χ2v) is 3.09. The molecule has 1 heterocycles. The molecule has 1 aromatic heterocycles. The molecule has 0 saturated heterocycles. The van der Waals surface area contributed by atoms with E-state index in [9.17, 15) is 4.79 Å². The van der Waals surface area contributed by atoms with Gasteiger partial charge >= 0.3 is 0 Å². The number of carbonyl (C=O) groups excluding carboxylic acids is 1. The molecule has 1 aromatic rings. The number of nitrogens with zero attached hydrogens (tertiary/aromatic N) is 2. The van der Waals surface area contributed by atoms with Crippen LogP contribution in [-0.4, -0.2) is 28.4 Å². The van der Waals surface area contributed by atoms with E-state index in [1.807, 2.05) is 17.8 Å². The van der Waals surface area contributed by atoms with Gasteiger partial charge in [0, 0.05) is 26.0 Å². The zero-order valence-corrected chi connectivity index (χ0v) is 8.36. The largest absolute Gasteiger partial charge is 0.338 e. The Kier molecular flexibility index (Phi) is 4.07. The molecule has 0 spiro atoms. The number of Topliss-reactive ketones (excluding diaryl/α,β-unsaturated/α-hetero) is 1. The molecule has 0 radical (unpaired) electrons. The van der Waals surface area contributed by atoms with Crippen molar-refractivity contribution in [1.29, 1.82) is 0 Å². The van der Waals surface area contributed by atoms with Crippen LogP contribution in [0.4, 0.5) is 0 Å². The maximum atomic E-state index is 11.4. The molecule has 1 N–H and O–H groups in total. The van der Waals surface area contributed by atoms with Gasteiger partial charge in [-0.05, 0) is 0 Å². The number of nitrogens with one attached hydrogen (secondary N) is 1. The molecule has 0 aliphatic rings. The molecule has 0 aliphatic heterocycles. The number of rotatable bonds is 6. The summed E-state index contributed by atoms with van der Waals surface area (Å²) in [4.78, 5) is 15.5. The first kappa shape index (κ1) is 10.7. The lowest BCUT2D eigenvalue weighted by molar-refractivity contribution is -0.117. The first-order chi connectivity index (χ1) is 6.74. The zero-order chi connectivity index (χ0) is 10.4. The van der Waals surface area contributed by atoms with E-state index >= 15 is 0 Å². The molecule has 0 atom stereocenters. The van der Waals surface area contributed by atoms with Crippen LogP contribution in [0.15, 0.2) is 25.0 Å². The van der Waals surface area contributed by atoms with E-state index in [2.05, 4.69) is 16.9 Å². The minimum atomic E-state index is 0.140. The Bertz CT molecular complexity index is 317. The minimum Gasteiger partial charge on any atom is -0.338 e. The second kappa shape index (κ2) is 5.34. The van der Waals surface area contributed by atoms with E-state index in [1.165, 1.54) is 0 Å². The molecule has 4 heteroatoms. The van der Waals surface area contributed by atoms with Crippen molar-refractivity contribution < 1.29 is 4.79 Å². The lowest BCUT2D eigenvalue weighted by Gasteiger charge is -2.01. The predicted molar refractivity (Wildman–Crippen MR) is 55.0 cm³/mol. The Morgan fingerprint density at radius 2 is 2.57 bits per heavy atom. The highest BCUT2D eigenvalue weighted by Crippen LogP contribution is 1.95. The van der Waals surface area contributed by atoms with Crippen molar-refractivity contribution in [2.45, 2.75) is 6.42 Å². The molecule has 14 heavy (non-hydrogen) atoms.